The molecule has 0 aliphatic carbocycles. The standard InChI is InChI=1S/C80H114S8/c1-5-9-13-17-21-25-29-33-37-41-45-63-57-59-81-77(63)71-53-49-67(83-71)69-51-55-73(85-69)79-65(47-43-39-35-31-27-23-19-15-11-7-3)61-75(87-79)76-62-66(48-44-40-36-32-28-24-20-16-12-8-4)80(88-76)74-56-52-70(86-74)68-50-54-72(84-68)78-64(58-60-82-78)46-42-38-34-30-26-22-18-14-10-6-2/h49-62H,5-48H2,1-4H3. The van der Waals surface area contributed by atoms with Gasteiger partial charge in [-0.3, -0.25) is 0 Å². The average molecular weight is 1330 g/mol. The second-order valence-electron chi connectivity index (χ2n) is 25.9. The lowest BCUT2D eigenvalue weighted by molar-refractivity contribution is 0.556. The van der Waals surface area contributed by atoms with Gasteiger partial charge in [0.05, 0.1) is 0 Å². The van der Waals surface area contributed by atoms with E-state index in [0.29, 0.717) is 0 Å². The molecule has 0 N–H and O–H groups in total. The van der Waals surface area contributed by atoms with E-state index in [9.17, 15) is 0 Å². The van der Waals surface area contributed by atoms with E-state index >= 15 is 0 Å². The molecule has 482 valence electrons. The molecule has 8 heterocycles. The third kappa shape index (κ3) is 24.2. The molecule has 0 fully saturated rings. The fourth-order valence-electron chi connectivity index (χ4n) is 13.0. The number of thiophene rings is 8. The number of aryl methyl sites for hydroxylation is 4. The summed E-state index contributed by atoms with van der Waals surface area (Å²) in [6, 6.07) is 29.6. The summed E-state index contributed by atoms with van der Waals surface area (Å²) in [7, 11) is 0. The fourth-order valence-corrected chi connectivity index (χ4v) is 22.2. The van der Waals surface area contributed by atoms with Crippen molar-refractivity contribution in [3.8, 4) is 68.3 Å². The van der Waals surface area contributed by atoms with Gasteiger partial charge in [-0.1, -0.05) is 259 Å². The van der Waals surface area contributed by atoms with Crippen LogP contribution in [0.3, 0.4) is 0 Å². The van der Waals surface area contributed by atoms with Crippen molar-refractivity contribution in [1.29, 1.82) is 0 Å². The molecule has 0 atom stereocenters. The smallest absolute Gasteiger partial charge is 0.0481 e. The topological polar surface area (TPSA) is 0 Å². The van der Waals surface area contributed by atoms with Crippen LogP contribution in [0.25, 0.3) is 68.3 Å². The van der Waals surface area contributed by atoms with Gasteiger partial charge in [0, 0.05) is 68.3 Å². The molecule has 0 radical (unpaired) electrons. The van der Waals surface area contributed by atoms with Crippen molar-refractivity contribution < 1.29 is 0 Å². The SMILES string of the molecule is CCCCCCCCCCCCc1ccsc1-c1ccc(-c2ccc(-c3sc(-c4cc(CCCCCCCCCCCC)c(-c5ccc(-c6ccc(-c7sccc7CCCCCCCCCCCC)s6)s5)s4)cc3CCCCCCCCCCCC)s2)s1. The lowest BCUT2D eigenvalue weighted by atomic mass is 10.0. The van der Waals surface area contributed by atoms with Gasteiger partial charge in [0.1, 0.15) is 0 Å². The van der Waals surface area contributed by atoms with E-state index in [4.69, 9.17) is 0 Å². The Morgan fingerprint density at radius 3 is 0.670 bits per heavy atom. The van der Waals surface area contributed by atoms with Gasteiger partial charge in [-0.2, -0.15) is 0 Å². The number of hydrogen-bond donors (Lipinski definition) is 0. The predicted molar refractivity (Wildman–Crippen MR) is 410 cm³/mol. The summed E-state index contributed by atoms with van der Waals surface area (Å²) >= 11 is 16.2. The van der Waals surface area contributed by atoms with E-state index in [1.165, 1.54) is 351 Å². The van der Waals surface area contributed by atoms with Gasteiger partial charge in [-0.25, -0.2) is 0 Å². The zero-order valence-corrected chi connectivity index (χ0v) is 62.0. The summed E-state index contributed by atoms with van der Waals surface area (Å²) in [6.45, 7) is 9.29. The van der Waals surface area contributed by atoms with Gasteiger partial charge in [0.15, 0.2) is 0 Å². The normalized spacial score (nSPS) is 11.8. The third-order valence-corrected chi connectivity index (χ3v) is 28.3. The second kappa shape index (κ2) is 42.8. The Balaban J connectivity index is 0.966. The maximum atomic E-state index is 2.64. The molecule has 0 saturated carbocycles. The molecule has 8 heteroatoms. The molecule has 0 nitrogen and oxygen atoms in total. The Morgan fingerprint density at radius 1 is 0.193 bits per heavy atom. The largest absolute Gasteiger partial charge is 0.143 e. The van der Waals surface area contributed by atoms with Crippen LogP contribution >= 0.6 is 90.7 Å². The van der Waals surface area contributed by atoms with Crippen LogP contribution in [0.5, 0.6) is 0 Å². The molecule has 0 aromatic carbocycles. The van der Waals surface area contributed by atoms with Gasteiger partial charge in [0.25, 0.3) is 0 Å². The van der Waals surface area contributed by atoms with Crippen molar-refractivity contribution in [2.24, 2.45) is 0 Å². The first-order chi connectivity index (χ1) is 43.6. The van der Waals surface area contributed by atoms with Crippen LogP contribution in [0, 0.1) is 0 Å². The van der Waals surface area contributed by atoms with E-state index in [-0.39, 0.29) is 0 Å². The summed E-state index contributed by atoms with van der Waals surface area (Å²) in [6.07, 6.45) is 60.2. The third-order valence-electron chi connectivity index (χ3n) is 18.4. The van der Waals surface area contributed by atoms with Crippen LogP contribution in [0.4, 0.5) is 0 Å². The van der Waals surface area contributed by atoms with Crippen molar-refractivity contribution >= 4 is 90.7 Å². The van der Waals surface area contributed by atoms with Gasteiger partial charge < -0.3 is 0 Å². The summed E-state index contributed by atoms with van der Waals surface area (Å²) in [5, 5.41) is 4.67. The minimum absolute atomic E-state index is 1.17. The van der Waals surface area contributed by atoms with Gasteiger partial charge >= 0.3 is 0 Å². The Morgan fingerprint density at radius 2 is 0.409 bits per heavy atom. The maximum absolute atomic E-state index is 2.64. The van der Waals surface area contributed by atoms with Crippen molar-refractivity contribution in [1.82, 2.24) is 0 Å². The first kappa shape index (κ1) is 71.4. The Labute approximate surface area is 569 Å². The molecule has 0 amide bonds. The van der Waals surface area contributed by atoms with Gasteiger partial charge in [0.2, 0.25) is 0 Å². The van der Waals surface area contributed by atoms with Gasteiger partial charge in [-0.05, 0) is 157 Å². The molecule has 0 aliphatic heterocycles. The summed E-state index contributed by atoms with van der Waals surface area (Å²) in [5.41, 5.74) is 6.27. The number of rotatable bonds is 51. The lowest BCUT2D eigenvalue weighted by Gasteiger charge is -2.04. The highest BCUT2D eigenvalue weighted by Crippen LogP contribution is 2.51. The average Bonchev–Trinajstić information content (AvgIpc) is 2.11. The van der Waals surface area contributed by atoms with Crippen LogP contribution in [-0.4, -0.2) is 0 Å². The first-order valence-electron chi connectivity index (χ1n) is 36.4. The monoisotopic (exact) mass is 1330 g/mol. The molecule has 8 aromatic heterocycles. The second-order valence-corrected chi connectivity index (χ2v) is 34.1. The number of unbranched alkanes of at least 4 members (excludes halogenated alkanes) is 36. The highest BCUT2D eigenvalue weighted by Gasteiger charge is 2.22. The molecule has 0 aliphatic rings. The van der Waals surface area contributed by atoms with Crippen molar-refractivity contribution in [3.05, 3.63) is 106 Å². The summed E-state index contributed by atoms with van der Waals surface area (Å²) < 4.78 is 0. The molecule has 0 spiro atoms. The Bertz CT molecular complexity index is 2830. The van der Waals surface area contributed by atoms with Crippen LogP contribution in [0.15, 0.2) is 83.6 Å². The Hall–Kier alpha value is -2.40. The molecule has 88 heavy (non-hydrogen) atoms. The molecular weight excluding hydrogens is 1220 g/mol. The van der Waals surface area contributed by atoms with E-state index in [0.717, 1.165) is 0 Å². The Kier molecular flexibility index (Phi) is 34.7. The molecular formula is C80H114S8. The zero-order chi connectivity index (χ0) is 61.1. The van der Waals surface area contributed by atoms with Crippen LogP contribution < -0.4 is 0 Å². The zero-order valence-electron chi connectivity index (χ0n) is 55.5. The van der Waals surface area contributed by atoms with Gasteiger partial charge in [-0.15, -0.1) is 90.7 Å². The lowest BCUT2D eigenvalue weighted by Crippen LogP contribution is -1.87. The van der Waals surface area contributed by atoms with Crippen LogP contribution in [-0.2, 0) is 25.7 Å². The highest BCUT2D eigenvalue weighted by atomic mass is 32.1. The predicted octanol–water partition coefficient (Wildman–Crippen LogP) is 31.7. The summed E-state index contributed by atoms with van der Waals surface area (Å²) in [4.78, 5) is 20.5. The molecule has 8 aromatic rings. The summed E-state index contributed by atoms with van der Waals surface area (Å²) in [5.74, 6) is 0. The van der Waals surface area contributed by atoms with E-state index in [1.54, 1.807) is 22.3 Å². The van der Waals surface area contributed by atoms with E-state index < -0.39 is 0 Å². The van der Waals surface area contributed by atoms with Crippen molar-refractivity contribution in [2.45, 2.75) is 310 Å². The highest BCUT2D eigenvalue weighted by molar-refractivity contribution is 7.31. The molecule has 8 rings (SSSR count). The molecule has 0 bridgehead atoms. The minimum atomic E-state index is 1.17. The van der Waals surface area contributed by atoms with Crippen LogP contribution in [0.1, 0.15) is 307 Å². The number of hydrogen-bond acceptors (Lipinski definition) is 8. The van der Waals surface area contributed by atoms with Crippen LogP contribution in [0.2, 0.25) is 0 Å². The fraction of sp³-hybridized carbons (Fsp3) is 0.600. The quantitative estimate of drug-likeness (QED) is 0.0333. The molecule has 0 saturated heterocycles. The van der Waals surface area contributed by atoms with Crippen molar-refractivity contribution in [2.75, 3.05) is 0 Å². The maximum Gasteiger partial charge on any atom is 0.0481 e. The minimum Gasteiger partial charge on any atom is -0.143 e. The first-order valence-corrected chi connectivity index (χ1v) is 43.0. The van der Waals surface area contributed by atoms with E-state index in [2.05, 4.69) is 134 Å². The van der Waals surface area contributed by atoms with Crippen molar-refractivity contribution in [3.63, 3.8) is 0 Å². The molecule has 0 unspecified atom stereocenters. The van der Waals surface area contributed by atoms with E-state index in [1.807, 2.05) is 68.0 Å².